The fourth-order valence-corrected chi connectivity index (χ4v) is 3.85. The van der Waals surface area contributed by atoms with Crippen molar-refractivity contribution < 1.29 is 18.3 Å². The van der Waals surface area contributed by atoms with E-state index in [-0.39, 0.29) is 11.3 Å². The van der Waals surface area contributed by atoms with Crippen molar-refractivity contribution in [1.82, 2.24) is 4.72 Å². The van der Waals surface area contributed by atoms with Gasteiger partial charge in [0.25, 0.3) is 0 Å². The minimum absolute atomic E-state index is 0.180. The fraction of sp³-hybridized carbons (Fsp3) is 0.316. The minimum atomic E-state index is -3.71. The highest BCUT2D eigenvalue weighted by Crippen LogP contribution is 2.16. The molecule has 0 radical (unpaired) electrons. The molecule has 0 heterocycles. The van der Waals surface area contributed by atoms with Crippen molar-refractivity contribution in [3.05, 3.63) is 65.7 Å². The smallest absolute Gasteiger partial charge is 0.306 e. The molecule has 5 nitrogen and oxygen atoms in total. The number of carboxylic acids is 1. The molecule has 0 fully saturated rings. The molecular formula is C19H23NO4S. The molecule has 0 aromatic heterocycles. The van der Waals surface area contributed by atoms with Crippen LogP contribution in [0.1, 0.15) is 24.5 Å². The molecule has 0 unspecified atom stereocenters. The Kier molecular flexibility index (Phi) is 6.33. The average Bonchev–Trinajstić information content (AvgIpc) is 2.55. The average molecular weight is 361 g/mol. The molecule has 0 saturated heterocycles. The number of aryl methyl sites for hydroxylation is 1. The standard InChI is InChI=1S/C19H23NO4S/c1-14-8-10-18(11-9-14)25(23,24)20-17(12-15(2)19(21)22)13-16-6-4-3-5-7-16/h3-11,15,17,20H,12-13H2,1-2H3,(H,21,22)/t15-,17+/m0/s1. The monoisotopic (exact) mass is 361 g/mol. The van der Waals surface area contributed by atoms with Crippen molar-refractivity contribution in [3.8, 4) is 0 Å². The summed E-state index contributed by atoms with van der Waals surface area (Å²) in [6, 6.07) is 15.5. The van der Waals surface area contributed by atoms with Crippen LogP contribution in [0.5, 0.6) is 0 Å². The predicted molar refractivity (Wildman–Crippen MR) is 96.9 cm³/mol. The zero-order valence-corrected chi connectivity index (χ0v) is 15.2. The van der Waals surface area contributed by atoms with Crippen molar-refractivity contribution >= 4 is 16.0 Å². The van der Waals surface area contributed by atoms with Gasteiger partial charge >= 0.3 is 5.97 Å². The second-order valence-corrected chi connectivity index (χ2v) is 8.01. The molecule has 25 heavy (non-hydrogen) atoms. The van der Waals surface area contributed by atoms with Gasteiger partial charge in [0.2, 0.25) is 10.0 Å². The lowest BCUT2D eigenvalue weighted by Gasteiger charge is -2.21. The van der Waals surface area contributed by atoms with Gasteiger partial charge < -0.3 is 5.11 Å². The van der Waals surface area contributed by atoms with E-state index in [9.17, 15) is 13.2 Å². The van der Waals surface area contributed by atoms with Gasteiger partial charge in [-0.25, -0.2) is 13.1 Å². The van der Waals surface area contributed by atoms with Crippen LogP contribution < -0.4 is 4.72 Å². The van der Waals surface area contributed by atoms with E-state index in [1.165, 1.54) is 0 Å². The SMILES string of the molecule is Cc1ccc(S(=O)(=O)N[C@@H](Cc2ccccc2)C[C@H](C)C(=O)O)cc1. The topological polar surface area (TPSA) is 83.5 Å². The van der Waals surface area contributed by atoms with Crippen LogP contribution in [0.4, 0.5) is 0 Å². The first-order chi connectivity index (χ1) is 11.8. The zero-order chi connectivity index (χ0) is 18.4. The normalized spacial score (nSPS) is 14.0. The van der Waals surface area contributed by atoms with Gasteiger partial charge in [0.05, 0.1) is 10.8 Å². The van der Waals surface area contributed by atoms with E-state index in [1.807, 2.05) is 37.3 Å². The first-order valence-corrected chi connectivity index (χ1v) is 9.62. The third-order valence-corrected chi connectivity index (χ3v) is 5.57. The Labute approximate surface area is 148 Å². The Balaban J connectivity index is 2.21. The van der Waals surface area contributed by atoms with Crippen molar-refractivity contribution in [2.45, 2.75) is 37.6 Å². The largest absolute Gasteiger partial charge is 0.481 e. The maximum Gasteiger partial charge on any atom is 0.306 e. The van der Waals surface area contributed by atoms with E-state index >= 15 is 0 Å². The van der Waals surface area contributed by atoms with Gasteiger partial charge in [-0.1, -0.05) is 55.0 Å². The van der Waals surface area contributed by atoms with Crippen LogP contribution in [-0.2, 0) is 21.2 Å². The molecule has 2 aromatic rings. The molecular weight excluding hydrogens is 338 g/mol. The Morgan fingerprint density at radius 1 is 1.08 bits per heavy atom. The Morgan fingerprint density at radius 2 is 1.68 bits per heavy atom. The van der Waals surface area contributed by atoms with Gasteiger partial charge in [0.15, 0.2) is 0 Å². The summed E-state index contributed by atoms with van der Waals surface area (Å²) in [5.41, 5.74) is 1.93. The molecule has 2 atom stereocenters. The number of nitrogens with one attached hydrogen (secondary N) is 1. The van der Waals surface area contributed by atoms with Crippen LogP contribution in [-0.4, -0.2) is 25.5 Å². The summed E-state index contributed by atoms with van der Waals surface area (Å²) >= 11 is 0. The number of carboxylic acid groups (broad SMARTS) is 1. The molecule has 0 aliphatic rings. The summed E-state index contributed by atoms with van der Waals surface area (Å²) in [7, 11) is -3.71. The van der Waals surface area contributed by atoms with Crippen LogP contribution in [0.15, 0.2) is 59.5 Å². The number of rotatable bonds is 8. The maximum absolute atomic E-state index is 12.6. The highest BCUT2D eigenvalue weighted by atomic mass is 32.2. The van der Waals surface area contributed by atoms with E-state index in [2.05, 4.69) is 4.72 Å². The van der Waals surface area contributed by atoms with Crippen LogP contribution in [0, 0.1) is 12.8 Å². The second-order valence-electron chi connectivity index (χ2n) is 6.30. The minimum Gasteiger partial charge on any atom is -0.481 e. The van der Waals surface area contributed by atoms with Gasteiger partial charge in [0, 0.05) is 6.04 Å². The Morgan fingerprint density at radius 3 is 2.24 bits per heavy atom. The summed E-state index contributed by atoms with van der Waals surface area (Å²) in [4.78, 5) is 11.4. The lowest BCUT2D eigenvalue weighted by Crippen LogP contribution is -2.38. The molecule has 0 amide bonds. The lowest BCUT2D eigenvalue weighted by atomic mass is 9.97. The van der Waals surface area contributed by atoms with E-state index in [0.29, 0.717) is 6.42 Å². The molecule has 6 heteroatoms. The third kappa shape index (κ3) is 5.69. The molecule has 2 aromatic carbocycles. The number of benzene rings is 2. The summed E-state index contributed by atoms with van der Waals surface area (Å²) in [5.74, 6) is -1.58. The molecule has 0 bridgehead atoms. The summed E-state index contributed by atoms with van der Waals surface area (Å²) < 4.78 is 27.9. The van der Waals surface area contributed by atoms with E-state index in [0.717, 1.165) is 11.1 Å². The zero-order valence-electron chi connectivity index (χ0n) is 14.3. The summed E-state index contributed by atoms with van der Waals surface area (Å²) in [6.45, 7) is 3.47. The molecule has 0 aliphatic carbocycles. The van der Waals surface area contributed by atoms with Crippen LogP contribution in [0.2, 0.25) is 0 Å². The summed E-state index contributed by atoms with van der Waals surface area (Å²) in [5, 5.41) is 9.17. The lowest BCUT2D eigenvalue weighted by molar-refractivity contribution is -0.141. The molecule has 2 N–H and O–H groups in total. The van der Waals surface area contributed by atoms with E-state index in [4.69, 9.17) is 5.11 Å². The van der Waals surface area contributed by atoms with Crippen LogP contribution in [0.3, 0.4) is 0 Å². The van der Waals surface area contributed by atoms with E-state index < -0.39 is 28.0 Å². The van der Waals surface area contributed by atoms with Crippen LogP contribution >= 0.6 is 0 Å². The van der Waals surface area contributed by atoms with Crippen molar-refractivity contribution in [1.29, 1.82) is 0 Å². The highest BCUT2D eigenvalue weighted by Gasteiger charge is 2.24. The van der Waals surface area contributed by atoms with Crippen LogP contribution in [0.25, 0.3) is 0 Å². The first-order valence-electron chi connectivity index (χ1n) is 8.13. The number of aliphatic carboxylic acids is 1. The Bertz CT molecular complexity index is 801. The molecule has 0 saturated carbocycles. The van der Waals surface area contributed by atoms with Gasteiger partial charge in [0.1, 0.15) is 0 Å². The molecule has 2 rings (SSSR count). The molecule has 134 valence electrons. The number of hydrogen-bond acceptors (Lipinski definition) is 3. The van der Waals surface area contributed by atoms with Crippen molar-refractivity contribution in [2.75, 3.05) is 0 Å². The second kappa shape index (κ2) is 8.27. The predicted octanol–water partition coefficient (Wildman–Crippen LogP) is 3.00. The molecule has 0 spiro atoms. The van der Waals surface area contributed by atoms with E-state index in [1.54, 1.807) is 31.2 Å². The first kappa shape index (κ1) is 19.1. The Hall–Kier alpha value is -2.18. The number of hydrogen-bond donors (Lipinski definition) is 2. The number of carbonyl (C=O) groups is 1. The summed E-state index contributed by atoms with van der Waals surface area (Å²) in [6.07, 6.45) is 0.652. The van der Waals surface area contributed by atoms with Gasteiger partial charge in [-0.2, -0.15) is 0 Å². The van der Waals surface area contributed by atoms with Gasteiger partial charge in [-0.15, -0.1) is 0 Å². The van der Waals surface area contributed by atoms with Crippen molar-refractivity contribution in [3.63, 3.8) is 0 Å². The fourth-order valence-electron chi connectivity index (χ4n) is 2.60. The van der Waals surface area contributed by atoms with Crippen molar-refractivity contribution in [2.24, 2.45) is 5.92 Å². The maximum atomic E-state index is 12.6. The third-order valence-electron chi connectivity index (χ3n) is 4.04. The molecule has 0 aliphatic heterocycles. The van der Waals surface area contributed by atoms with Gasteiger partial charge in [-0.05, 0) is 37.5 Å². The van der Waals surface area contributed by atoms with Gasteiger partial charge in [-0.3, -0.25) is 4.79 Å². The quantitative estimate of drug-likeness (QED) is 0.757. The number of sulfonamides is 1. The highest BCUT2D eigenvalue weighted by molar-refractivity contribution is 7.89.